The number of nitrogens with one attached hydrogen (secondary N) is 1. The van der Waals surface area contributed by atoms with Gasteiger partial charge in [-0.3, -0.25) is 0 Å². The molecule has 0 aliphatic rings. The topological polar surface area (TPSA) is 47.0 Å². The Kier molecular flexibility index (Phi) is 3.81. The van der Waals surface area contributed by atoms with Crippen LogP contribution in [0.1, 0.15) is 5.56 Å². The van der Waals surface area contributed by atoms with Gasteiger partial charge in [-0.25, -0.2) is 14.4 Å². The minimum Gasteiger partial charge on any atom is -0.496 e. The van der Waals surface area contributed by atoms with Gasteiger partial charge in [-0.2, -0.15) is 0 Å². The van der Waals surface area contributed by atoms with Crippen molar-refractivity contribution in [3.8, 4) is 5.75 Å². The van der Waals surface area contributed by atoms with Crippen LogP contribution in [-0.2, 0) is 0 Å². The van der Waals surface area contributed by atoms with Gasteiger partial charge in [0.1, 0.15) is 23.7 Å². The second-order valence-corrected chi connectivity index (χ2v) is 5.22. The highest BCUT2D eigenvalue weighted by molar-refractivity contribution is 6.31. The van der Waals surface area contributed by atoms with E-state index in [0.29, 0.717) is 11.5 Å². The molecule has 0 amide bonds. The number of fused-ring (bicyclic) bond motifs is 1. The van der Waals surface area contributed by atoms with Crippen molar-refractivity contribution < 1.29 is 9.13 Å². The normalized spacial score (nSPS) is 10.7. The number of halogens is 2. The largest absolute Gasteiger partial charge is 0.496 e. The molecule has 1 heterocycles. The van der Waals surface area contributed by atoms with E-state index in [2.05, 4.69) is 15.3 Å². The molecule has 0 fully saturated rings. The molecule has 112 valence electrons. The Balaban J connectivity index is 2.06. The van der Waals surface area contributed by atoms with Gasteiger partial charge in [-0.05, 0) is 36.8 Å². The molecule has 22 heavy (non-hydrogen) atoms. The van der Waals surface area contributed by atoms with E-state index < -0.39 is 5.82 Å². The maximum atomic E-state index is 13.2. The van der Waals surface area contributed by atoms with Gasteiger partial charge < -0.3 is 10.1 Å². The van der Waals surface area contributed by atoms with Crippen molar-refractivity contribution in [3.05, 3.63) is 53.1 Å². The van der Waals surface area contributed by atoms with E-state index in [1.165, 1.54) is 18.5 Å². The van der Waals surface area contributed by atoms with Gasteiger partial charge in [0.15, 0.2) is 0 Å². The molecule has 0 spiro atoms. The molecule has 3 rings (SSSR count). The van der Waals surface area contributed by atoms with E-state index >= 15 is 0 Å². The summed E-state index contributed by atoms with van der Waals surface area (Å²) in [5.41, 5.74) is 2.39. The van der Waals surface area contributed by atoms with Crippen LogP contribution in [0.5, 0.6) is 5.75 Å². The lowest BCUT2D eigenvalue weighted by atomic mass is 10.1. The fourth-order valence-corrected chi connectivity index (χ4v) is 2.40. The van der Waals surface area contributed by atoms with Crippen molar-refractivity contribution in [2.24, 2.45) is 0 Å². The summed E-state index contributed by atoms with van der Waals surface area (Å²) < 4.78 is 18.5. The molecule has 3 aromatic rings. The monoisotopic (exact) mass is 317 g/mol. The molecular weight excluding hydrogens is 305 g/mol. The highest BCUT2D eigenvalue weighted by Crippen LogP contribution is 2.30. The van der Waals surface area contributed by atoms with Crippen LogP contribution < -0.4 is 10.1 Å². The summed E-state index contributed by atoms with van der Waals surface area (Å²) in [5.74, 6) is 0.931. The van der Waals surface area contributed by atoms with Crippen LogP contribution in [0.3, 0.4) is 0 Å². The summed E-state index contributed by atoms with van der Waals surface area (Å²) in [6.45, 7) is 1.95. The quantitative estimate of drug-likeness (QED) is 0.773. The van der Waals surface area contributed by atoms with Gasteiger partial charge in [0.2, 0.25) is 0 Å². The van der Waals surface area contributed by atoms with Crippen molar-refractivity contribution in [2.75, 3.05) is 12.4 Å². The van der Waals surface area contributed by atoms with Gasteiger partial charge in [-0.1, -0.05) is 11.6 Å². The number of aromatic nitrogens is 2. The number of aryl methyl sites for hydroxylation is 1. The zero-order chi connectivity index (χ0) is 15.7. The first-order valence-corrected chi connectivity index (χ1v) is 6.97. The van der Waals surface area contributed by atoms with Gasteiger partial charge in [0, 0.05) is 17.1 Å². The second kappa shape index (κ2) is 5.77. The summed E-state index contributed by atoms with van der Waals surface area (Å²) >= 11 is 5.80. The van der Waals surface area contributed by atoms with Crippen LogP contribution in [0.15, 0.2) is 36.7 Å². The standard InChI is InChI=1S/C16H13ClFN3O/c1-9-5-11-14(7-15(9)22-2)19-8-20-16(11)21-10-3-4-13(18)12(17)6-10/h3-8H,1-2H3,(H,19,20,21). The number of ether oxygens (including phenoxy) is 1. The predicted molar refractivity (Wildman–Crippen MR) is 85.5 cm³/mol. The van der Waals surface area contributed by atoms with Crippen LogP contribution in [0.2, 0.25) is 5.02 Å². The molecular formula is C16H13ClFN3O. The molecule has 0 aliphatic heterocycles. The Bertz CT molecular complexity index is 854. The van der Waals surface area contributed by atoms with Gasteiger partial charge in [0.05, 0.1) is 17.6 Å². The van der Waals surface area contributed by atoms with Crippen LogP contribution in [-0.4, -0.2) is 17.1 Å². The molecule has 0 saturated carbocycles. The molecule has 0 unspecified atom stereocenters. The Labute approximate surface area is 131 Å². The highest BCUT2D eigenvalue weighted by atomic mass is 35.5. The minimum atomic E-state index is -0.458. The van der Waals surface area contributed by atoms with Crippen LogP contribution in [0.25, 0.3) is 10.9 Å². The number of nitrogens with zero attached hydrogens (tertiary/aromatic N) is 2. The predicted octanol–water partition coefficient (Wildman–Crippen LogP) is 4.48. The molecule has 0 radical (unpaired) electrons. The SMILES string of the molecule is COc1cc2ncnc(Nc3ccc(F)c(Cl)c3)c2cc1C. The zero-order valence-electron chi connectivity index (χ0n) is 12.0. The fraction of sp³-hybridized carbons (Fsp3) is 0.125. The molecule has 1 aromatic heterocycles. The van der Waals surface area contributed by atoms with E-state index in [9.17, 15) is 4.39 Å². The van der Waals surface area contributed by atoms with E-state index in [0.717, 1.165) is 22.2 Å². The lowest BCUT2D eigenvalue weighted by Crippen LogP contribution is -1.97. The third-order valence-corrected chi connectivity index (χ3v) is 3.62. The molecule has 0 aliphatic carbocycles. The molecule has 0 bridgehead atoms. The fourth-order valence-electron chi connectivity index (χ4n) is 2.22. The lowest BCUT2D eigenvalue weighted by Gasteiger charge is -2.11. The summed E-state index contributed by atoms with van der Waals surface area (Å²) in [6, 6.07) is 8.23. The molecule has 0 saturated heterocycles. The van der Waals surface area contributed by atoms with E-state index in [1.807, 2.05) is 19.1 Å². The van der Waals surface area contributed by atoms with Crippen LogP contribution in [0.4, 0.5) is 15.9 Å². The molecule has 0 atom stereocenters. The minimum absolute atomic E-state index is 0.0567. The Morgan fingerprint density at radius 3 is 2.73 bits per heavy atom. The van der Waals surface area contributed by atoms with E-state index in [-0.39, 0.29) is 5.02 Å². The van der Waals surface area contributed by atoms with Crippen molar-refractivity contribution in [1.82, 2.24) is 9.97 Å². The summed E-state index contributed by atoms with van der Waals surface area (Å²) in [4.78, 5) is 8.50. The second-order valence-electron chi connectivity index (χ2n) is 4.82. The number of rotatable bonds is 3. The third kappa shape index (κ3) is 2.67. The molecule has 6 heteroatoms. The van der Waals surface area contributed by atoms with Gasteiger partial charge in [0.25, 0.3) is 0 Å². The number of benzene rings is 2. The Morgan fingerprint density at radius 2 is 2.00 bits per heavy atom. The van der Waals surface area contributed by atoms with Crippen molar-refractivity contribution >= 4 is 34.0 Å². The number of hydrogen-bond donors (Lipinski definition) is 1. The van der Waals surface area contributed by atoms with Crippen molar-refractivity contribution in [1.29, 1.82) is 0 Å². The van der Waals surface area contributed by atoms with Gasteiger partial charge >= 0.3 is 0 Å². The number of methoxy groups -OCH3 is 1. The van der Waals surface area contributed by atoms with Gasteiger partial charge in [-0.15, -0.1) is 0 Å². The first kappa shape index (κ1) is 14.5. The zero-order valence-corrected chi connectivity index (χ0v) is 12.8. The van der Waals surface area contributed by atoms with Crippen molar-refractivity contribution in [3.63, 3.8) is 0 Å². The molecule has 4 nitrogen and oxygen atoms in total. The van der Waals surface area contributed by atoms with Crippen LogP contribution >= 0.6 is 11.6 Å². The first-order chi connectivity index (χ1) is 10.6. The summed E-state index contributed by atoms with van der Waals surface area (Å²) in [7, 11) is 1.62. The third-order valence-electron chi connectivity index (χ3n) is 3.33. The average molecular weight is 318 g/mol. The number of anilines is 2. The Hall–Kier alpha value is -2.40. The van der Waals surface area contributed by atoms with E-state index in [4.69, 9.17) is 16.3 Å². The Morgan fingerprint density at radius 1 is 1.18 bits per heavy atom. The van der Waals surface area contributed by atoms with E-state index in [1.54, 1.807) is 13.2 Å². The molecule has 1 N–H and O–H groups in total. The maximum Gasteiger partial charge on any atom is 0.141 e. The number of hydrogen-bond acceptors (Lipinski definition) is 4. The maximum absolute atomic E-state index is 13.2. The first-order valence-electron chi connectivity index (χ1n) is 6.60. The lowest BCUT2D eigenvalue weighted by molar-refractivity contribution is 0.412. The average Bonchev–Trinajstić information content (AvgIpc) is 2.51. The van der Waals surface area contributed by atoms with Crippen LogP contribution in [0, 0.1) is 12.7 Å². The molecule has 2 aromatic carbocycles. The summed E-state index contributed by atoms with van der Waals surface area (Å²) in [5, 5.41) is 4.04. The smallest absolute Gasteiger partial charge is 0.141 e. The highest BCUT2D eigenvalue weighted by Gasteiger charge is 2.09. The van der Waals surface area contributed by atoms with Crippen molar-refractivity contribution in [2.45, 2.75) is 6.92 Å². The summed E-state index contributed by atoms with van der Waals surface area (Å²) in [6.07, 6.45) is 1.46.